The standard InChI is InChI=1S/C16H23N3O/c1-12(17-16-11-19(3)18-13(16)2)5-6-14-7-9-15(20-4)10-8-14/h7-12,17H,5-6H2,1-4H3. The lowest BCUT2D eigenvalue weighted by molar-refractivity contribution is 0.414. The predicted molar refractivity (Wildman–Crippen MR) is 82.3 cm³/mol. The third-order valence-electron chi connectivity index (χ3n) is 3.44. The van der Waals surface area contributed by atoms with E-state index in [4.69, 9.17) is 4.74 Å². The Morgan fingerprint density at radius 3 is 2.55 bits per heavy atom. The summed E-state index contributed by atoms with van der Waals surface area (Å²) in [7, 11) is 3.64. The molecule has 1 aromatic heterocycles. The van der Waals surface area contributed by atoms with Crippen molar-refractivity contribution >= 4 is 5.69 Å². The van der Waals surface area contributed by atoms with E-state index in [-0.39, 0.29) is 0 Å². The Morgan fingerprint density at radius 1 is 1.30 bits per heavy atom. The lowest BCUT2D eigenvalue weighted by atomic mass is 10.1. The molecule has 0 aliphatic carbocycles. The van der Waals surface area contributed by atoms with Crippen LogP contribution in [0.25, 0.3) is 0 Å². The van der Waals surface area contributed by atoms with Gasteiger partial charge < -0.3 is 10.1 Å². The van der Waals surface area contributed by atoms with Gasteiger partial charge >= 0.3 is 0 Å². The molecule has 0 bridgehead atoms. The summed E-state index contributed by atoms with van der Waals surface area (Å²) in [6.45, 7) is 4.23. The first-order valence-corrected chi connectivity index (χ1v) is 6.98. The molecule has 1 heterocycles. The molecule has 2 rings (SSSR count). The molecule has 4 heteroatoms. The molecule has 0 aliphatic heterocycles. The van der Waals surface area contributed by atoms with Gasteiger partial charge in [-0.15, -0.1) is 0 Å². The summed E-state index contributed by atoms with van der Waals surface area (Å²) < 4.78 is 7.01. The molecule has 0 saturated heterocycles. The summed E-state index contributed by atoms with van der Waals surface area (Å²) in [5.74, 6) is 0.908. The Kier molecular flexibility index (Phi) is 4.66. The average Bonchev–Trinajstić information content (AvgIpc) is 2.75. The van der Waals surface area contributed by atoms with Crippen molar-refractivity contribution in [2.24, 2.45) is 7.05 Å². The van der Waals surface area contributed by atoms with Crippen molar-refractivity contribution in [1.82, 2.24) is 9.78 Å². The van der Waals surface area contributed by atoms with Crippen molar-refractivity contribution in [2.75, 3.05) is 12.4 Å². The zero-order chi connectivity index (χ0) is 14.5. The van der Waals surface area contributed by atoms with Crippen LogP contribution < -0.4 is 10.1 Å². The van der Waals surface area contributed by atoms with Crippen molar-refractivity contribution in [3.05, 3.63) is 41.7 Å². The second kappa shape index (κ2) is 6.46. The topological polar surface area (TPSA) is 39.1 Å². The fraction of sp³-hybridized carbons (Fsp3) is 0.438. The number of aromatic nitrogens is 2. The molecule has 1 aromatic carbocycles. The fourth-order valence-electron chi connectivity index (χ4n) is 2.25. The molecule has 4 nitrogen and oxygen atoms in total. The second-order valence-electron chi connectivity index (χ2n) is 5.23. The Balaban J connectivity index is 1.85. The van der Waals surface area contributed by atoms with Gasteiger partial charge in [-0.3, -0.25) is 4.68 Å². The summed E-state index contributed by atoms with van der Waals surface area (Å²) in [4.78, 5) is 0. The maximum Gasteiger partial charge on any atom is 0.118 e. The van der Waals surface area contributed by atoms with E-state index in [1.54, 1.807) is 7.11 Å². The predicted octanol–water partition coefficient (Wildman–Crippen LogP) is 3.17. The number of aryl methyl sites for hydroxylation is 3. The largest absolute Gasteiger partial charge is 0.497 e. The van der Waals surface area contributed by atoms with Crippen LogP contribution in [0.3, 0.4) is 0 Å². The third-order valence-corrected chi connectivity index (χ3v) is 3.44. The monoisotopic (exact) mass is 273 g/mol. The first kappa shape index (κ1) is 14.4. The Hall–Kier alpha value is -1.97. The molecular formula is C16H23N3O. The minimum Gasteiger partial charge on any atom is -0.497 e. The minimum absolute atomic E-state index is 0.417. The molecule has 0 aliphatic rings. The van der Waals surface area contributed by atoms with Gasteiger partial charge in [-0.1, -0.05) is 12.1 Å². The zero-order valence-electron chi connectivity index (χ0n) is 12.7. The third kappa shape index (κ3) is 3.76. The molecule has 0 fully saturated rings. The van der Waals surface area contributed by atoms with Gasteiger partial charge in [0.2, 0.25) is 0 Å². The van der Waals surface area contributed by atoms with Gasteiger partial charge in [-0.25, -0.2) is 0 Å². The summed E-state index contributed by atoms with van der Waals surface area (Å²) in [5.41, 5.74) is 3.50. The van der Waals surface area contributed by atoms with E-state index in [1.165, 1.54) is 5.56 Å². The molecule has 1 N–H and O–H groups in total. The van der Waals surface area contributed by atoms with E-state index in [0.717, 1.165) is 30.0 Å². The fourth-order valence-corrected chi connectivity index (χ4v) is 2.25. The van der Waals surface area contributed by atoms with Crippen molar-refractivity contribution in [3.8, 4) is 5.75 Å². The average molecular weight is 273 g/mol. The van der Waals surface area contributed by atoms with Crippen LogP contribution in [0.15, 0.2) is 30.5 Å². The molecule has 108 valence electrons. The maximum atomic E-state index is 5.17. The van der Waals surface area contributed by atoms with Crippen molar-refractivity contribution < 1.29 is 4.74 Å². The van der Waals surface area contributed by atoms with E-state index in [1.807, 2.05) is 37.0 Å². The smallest absolute Gasteiger partial charge is 0.118 e. The summed E-state index contributed by atoms with van der Waals surface area (Å²) in [6, 6.07) is 8.69. The number of hydrogen-bond donors (Lipinski definition) is 1. The molecule has 2 aromatic rings. The van der Waals surface area contributed by atoms with Gasteiger partial charge in [0, 0.05) is 19.3 Å². The lowest BCUT2D eigenvalue weighted by Gasteiger charge is -2.14. The first-order chi connectivity index (χ1) is 9.58. The van der Waals surface area contributed by atoms with Crippen LogP contribution in [0, 0.1) is 6.92 Å². The summed E-state index contributed by atoms with van der Waals surface area (Å²) >= 11 is 0. The number of nitrogens with one attached hydrogen (secondary N) is 1. The quantitative estimate of drug-likeness (QED) is 0.878. The highest BCUT2D eigenvalue weighted by Gasteiger charge is 2.07. The van der Waals surface area contributed by atoms with Crippen LogP contribution in [-0.2, 0) is 13.5 Å². The minimum atomic E-state index is 0.417. The molecular weight excluding hydrogens is 250 g/mol. The van der Waals surface area contributed by atoms with Gasteiger partial charge in [-0.2, -0.15) is 5.10 Å². The molecule has 20 heavy (non-hydrogen) atoms. The second-order valence-corrected chi connectivity index (χ2v) is 5.23. The van der Waals surface area contributed by atoms with Crippen LogP contribution in [0.5, 0.6) is 5.75 Å². The first-order valence-electron chi connectivity index (χ1n) is 6.98. The van der Waals surface area contributed by atoms with E-state index in [9.17, 15) is 0 Å². The number of ether oxygens (including phenoxy) is 1. The van der Waals surface area contributed by atoms with Crippen molar-refractivity contribution in [2.45, 2.75) is 32.7 Å². The lowest BCUT2D eigenvalue weighted by Crippen LogP contribution is -2.16. The van der Waals surface area contributed by atoms with Crippen LogP contribution in [0.4, 0.5) is 5.69 Å². The SMILES string of the molecule is COc1ccc(CCC(C)Nc2cn(C)nc2C)cc1. The number of rotatable bonds is 6. The summed E-state index contributed by atoms with van der Waals surface area (Å²) in [5, 5.41) is 7.86. The molecule has 0 amide bonds. The number of nitrogens with zero attached hydrogens (tertiary/aromatic N) is 2. The van der Waals surface area contributed by atoms with Gasteiger partial charge in [0.25, 0.3) is 0 Å². The highest BCUT2D eigenvalue weighted by Crippen LogP contribution is 2.16. The van der Waals surface area contributed by atoms with Gasteiger partial charge in [-0.05, 0) is 44.4 Å². The van der Waals surface area contributed by atoms with E-state index < -0.39 is 0 Å². The summed E-state index contributed by atoms with van der Waals surface area (Å²) in [6.07, 6.45) is 4.16. The van der Waals surface area contributed by atoms with Crippen molar-refractivity contribution in [3.63, 3.8) is 0 Å². The molecule has 1 unspecified atom stereocenters. The number of benzene rings is 1. The molecule has 0 saturated carbocycles. The van der Waals surface area contributed by atoms with Crippen LogP contribution in [-0.4, -0.2) is 22.9 Å². The maximum absolute atomic E-state index is 5.17. The van der Waals surface area contributed by atoms with E-state index in [2.05, 4.69) is 29.5 Å². The Labute approximate surface area is 120 Å². The van der Waals surface area contributed by atoms with Crippen LogP contribution in [0.1, 0.15) is 24.6 Å². The highest BCUT2D eigenvalue weighted by atomic mass is 16.5. The van der Waals surface area contributed by atoms with Crippen LogP contribution >= 0.6 is 0 Å². The normalized spacial score (nSPS) is 12.2. The number of anilines is 1. The molecule has 0 spiro atoms. The zero-order valence-corrected chi connectivity index (χ0v) is 12.7. The Morgan fingerprint density at radius 2 is 2.00 bits per heavy atom. The van der Waals surface area contributed by atoms with Gasteiger partial charge in [0.15, 0.2) is 0 Å². The van der Waals surface area contributed by atoms with Gasteiger partial charge in [0.1, 0.15) is 5.75 Å². The molecule has 0 radical (unpaired) electrons. The van der Waals surface area contributed by atoms with Crippen LogP contribution in [0.2, 0.25) is 0 Å². The highest BCUT2D eigenvalue weighted by molar-refractivity contribution is 5.46. The van der Waals surface area contributed by atoms with Crippen molar-refractivity contribution in [1.29, 1.82) is 0 Å². The van der Waals surface area contributed by atoms with Gasteiger partial charge in [0.05, 0.1) is 18.5 Å². The van der Waals surface area contributed by atoms with E-state index >= 15 is 0 Å². The molecule has 1 atom stereocenters. The number of hydrogen-bond acceptors (Lipinski definition) is 3. The number of methoxy groups -OCH3 is 1. The van der Waals surface area contributed by atoms with E-state index in [0.29, 0.717) is 6.04 Å². The Bertz CT molecular complexity index is 545.